The number of carbonyl (C=O) groups excluding carboxylic acids is 2. The predicted octanol–water partition coefficient (Wildman–Crippen LogP) is 0.393. The molecule has 108 valence electrons. The summed E-state index contributed by atoms with van der Waals surface area (Å²) in [6, 6.07) is 2.85. The number of hydrogen-bond donors (Lipinski definition) is 2. The van der Waals surface area contributed by atoms with Gasteiger partial charge >= 0.3 is 0 Å². The number of aromatic nitrogens is 1. The molecule has 1 aliphatic heterocycles. The van der Waals surface area contributed by atoms with Crippen LogP contribution in [-0.4, -0.2) is 36.1 Å². The molecule has 0 bridgehead atoms. The van der Waals surface area contributed by atoms with Crippen LogP contribution in [0.4, 0.5) is 0 Å². The first-order valence-electron chi connectivity index (χ1n) is 6.34. The smallest absolute Gasteiger partial charge is 0.240 e. The lowest BCUT2D eigenvalue weighted by molar-refractivity contribution is -0.129. The molecular weight excluding hydrogens is 326 g/mol. The number of carbonyl (C=O) groups is 2. The van der Waals surface area contributed by atoms with Crippen molar-refractivity contribution in [3.8, 4) is 0 Å². The van der Waals surface area contributed by atoms with Gasteiger partial charge in [-0.2, -0.15) is 0 Å². The quantitative estimate of drug-likeness (QED) is 0.757. The lowest BCUT2D eigenvalue weighted by Gasteiger charge is -2.18. The Morgan fingerprint density at radius 3 is 3.00 bits per heavy atom. The van der Waals surface area contributed by atoms with Gasteiger partial charge in [0, 0.05) is 19.2 Å². The molecule has 7 heteroatoms. The number of ether oxygens (including phenoxy) is 1. The third kappa shape index (κ3) is 3.77. The van der Waals surface area contributed by atoms with Gasteiger partial charge in [-0.05, 0) is 34.0 Å². The molecule has 1 aliphatic rings. The van der Waals surface area contributed by atoms with Gasteiger partial charge in [0.1, 0.15) is 10.6 Å². The van der Waals surface area contributed by atoms with Crippen molar-refractivity contribution >= 4 is 27.7 Å². The van der Waals surface area contributed by atoms with Gasteiger partial charge in [-0.25, -0.2) is 4.98 Å². The fourth-order valence-corrected chi connectivity index (χ4v) is 2.46. The monoisotopic (exact) mass is 341 g/mol. The highest BCUT2D eigenvalue weighted by atomic mass is 79.9. The maximum absolute atomic E-state index is 12.0. The van der Waals surface area contributed by atoms with E-state index in [1.807, 2.05) is 6.07 Å². The Morgan fingerprint density at radius 2 is 2.40 bits per heavy atom. The fraction of sp³-hybridized carbons (Fsp3) is 0.462. The molecule has 0 unspecified atom stereocenters. The zero-order chi connectivity index (χ0) is 14.5. The summed E-state index contributed by atoms with van der Waals surface area (Å²) in [4.78, 5) is 27.6. The minimum Gasteiger partial charge on any atom is -0.381 e. The molecule has 2 heterocycles. The number of halogens is 1. The lowest BCUT2D eigenvalue weighted by atomic mass is 10.0. The van der Waals surface area contributed by atoms with Crippen molar-refractivity contribution in [3.63, 3.8) is 0 Å². The van der Waals surface area contributed by atoms with Crippen molar-refractivity contribution in [2.45, 2.75) is 18.9 Å². The van der Waals surface area contributed by atoms with E-state index < -0.39 is 11.9 Å². The fourth-order valence-electron chi connectivity index (χ4n) is 2.05. The molecular formula is C13H16BrN3O3. The first kappa shape index (κ1) is 14.9. The number of primary amides is 1. The molecule has 6 nitrogen and oxygen atoms in total. The molecule has 1 saturated heterocycles. The van der Waals surface area contributed by atoms with Crippen molar-refractivity contribution in [2.75, 3.05) is 13.2 Å². The third-order valence-electron chi connectivity index (χ3n) is 3.22. The largest absolute Gasteiger partial charge is 0.381 e. The van der Waals surface area contributed by atoms with Crippen molar-refractivity contribution < 1.29 is 14.3 Å². The van der Waals surface area contributed by atoms with Crippen LogP contribution in [0.25, 0.3) is 0 Å². The third-order valence-corrected chi connectivity index (χ3v) is 3.93. The second-order valence-corrected chi connectivity index (χ2v) is 5.43. The molecule has 0 radical (unpaired) electrons. The number of amides is 2. The van der Waals surface area contributed by atoms with Crippen LogP contribution in [0.2, 0.25) is 0 Å². The zero-order valence-electron chi connectivity index (χ0n) is 10.8. The van der Waals surface area contributed by atoms with Gasteiger partial charge < -0.3 is 15.8 Å². The van der Waals surface area contributed by atoms with E-state index in [-0.39, 0.29) is 11.8 Å². The Bertz CT molecular complexity index is 503. The Morgan fingerprint density at radius 1 is 1.60 bits per heavy atom. The summed E-state index contributed by atoms with van der Waals surface area (Å²) in [5.74, 6) is -0.950. The van der Waals surface area contributed by atoms with Crippen LogP contribution in [0, 0.1) is 5.92 Å². The summed E-state index contributed by atoms with van der Waals surface area (Å²) in [5.41, 5.74) is 6.18. The summed E-state index contributed by atoms with van der Waals surface area (Å²) in [6.45, 7) is 0.974. The number of hydrogen-bond acceptors (Lipinski definition) is 4. The van der Waals surface area contributed by atoms with Crippen LogP contribution in [0.15, 0.2) is 22.9 Å². The van der Waals surface area contributed by atoms with Gasteiger partial charge in [-0.3, -0.25) is 9.59 Å². The van der Waals surface area contributed by atoms with Crippen LogP contribution in [-0.2, 0) is 20.7 Å². The molecule has 1 aromatic rings. The number of rotatable bonds is 5. The van der Waals surface area contributed by atoms with E-state index in [9.17, 15) is 9.59 Å². The molecule has 3 N–H and O–H groups in total. The average molecular weight is 342 g/mol. The van der Waals surface area contributed by atoms with Crippen molar-refractivity contribution in [1.29, 1.82) is 0 Å². The minimum atomic E-state index is -0.747. The molecule has 0 saturated carbocycles. The van der Waals surface area contributed by atoms with Crippen molar-refractivity contribution in [3.05, 3.63) is 28.5 Å². The van der Waals surface area contributed by atoms with Crippen molar-refractivity contribution in [1.82, 2.24) is 10.3 Å². The molecule has 2 amide bonds. The summed E-state index contributed by atoms with van der Waals surface area (Å²) < 4.78 is 5.81. The van der Waals surface area contributed by atoms with Crippen LogP contribution in [0.5, 0.6) is 0 Å². The van der Waals surface area contributed by atoms with Gasteiger partial charge in [0.15, 0.2) is 0 Å². The number of pyridine rings is 1. The maximum atomic E-state index is 12.0. The van der Waals surface area contributed by atoms with Crippen LogP contribution in [0.1, 0.15) is 12.0 Å². The summed E-state index contributed by atoms with van der Waals surface area (Å²) in [5, 5.41) is 2.69. The highest BCUT2D eigenvalue weighted by Crippen LogP contribution is 2.16. The van der Waals surface area contributed by atoms with E-state index in [1.165, 1.54) is 0 Å². The van der Waals surface area contributed by atoms with Crippen LogP contribution < -0.4 is 11.1 Å². The molecule has 0 spiro atoms. The van der Waals surface area contributed by atoms with E-state index in [0.29, 0.717) is 30.7 Å². The highest BCUT2D eigenvalue weighted by molar-refractivity contribution is 9.10. The minimum absolute atomic E-state index is 0.189. The lowest BCUT2D eigenvalue weighted by Crippen LogP contribution is -2.48. The van der Waals surface area contributed by atoms with Gasteiger partial charge in [-0.15, -0.1) is 0 Å². The summed E-state index contributed by atoms with van der Waals surface area (Å²) >= 11 is 3.31. The standard InChI is InChI=1S/C13H16BrN3O3/c14-11-8(2-1-4-16-11)6-10(12(15)18)17-13(19)9-3-5-20-7-9/h1-2,4,9-10H,3,5-7H2,(H2,15,18)(H,17,19)/t9-,10+/m0/s1. The van der Waals surface area contributed by atoms with E-state index in [1.54, 1.807) is 12.3 Å². The molecule has 1 fully saturated rings. The van der Waals surface area contributed by atoms with Crippen LogP contribution >= 0.6 is 15.9 Å². The van der Waals surface area contributed by atoms with Gasteiger partial charge in [0.2, 0.25) is 11.8 Å². The molecule has 2 atom stereocenters. The van der Waals surface area contributed by atoms with E-state index >= 15 is 0 Å². The summed E-state index contributed by atoms with van der Waals surface area (Å²) in [6.07, 6.45) is 2.62. The molecule has 0 aromatic carbocycles. The van der Waals surface area contributed by atoms with Gasteiger partial charge in [0.25, 0.3) is 0 Å². The molecule has 1 aromatic heterocycles. The van der Waals surface area contributed by atoms with E-state index in [4.69, 9.17) is 10.5 Å². The SMILES string of the molecule is NC(=O)[C@@H](Cc1cccnc1Br)NC(=O)[C@H]1CCOC1. The normalized spacial score (nSPS) is 19.6. The molecule has 2 rings (SSSR count). The maximum Gasteiger partial charge on any atom is 0.240 e. The molecule has 0 aliphatic carbocycles. The highest BCUT2D eigenvalue weighted by Gasteiger charge is 2.27. The van der Waals surface area contributed by atoms with E-state index in [0.717, 1.165) is 5.56 Å². The number of nitrogens with zero attached hydrogens (tertiary/aromatic N) is 1. The predicted molar refractivity (Wildman–Crippen MR) is 75.7 cm³/mol. The second-order valence-electron chi connectivity index (χ2n) is 4.68. The zero-order valence-corrected chi connectivity index (χ0v) is 12.4. The first-order chi connectivity index (χ1) is 9.58. The van der Waals surface area contributed by atoms with Gasteiger partial charge in [-0.1, -0.05) is 6.07 Å². The van der Waals surface area contributed by atoms with E-state index in [2.05, 4.69) is 26.2 Å². The topological polar surface area (TPSA) is 94.3 Å². The Kier molecular flexibility index (Phi) is 5.08. The Balaban J connectivity index is 2.02. The summed E-state index contributed by atoms with van der Waals surface area (Å²) in [7, 11) is 0. The second kappa shape index (κ2) is 6.81. The number of nitrogens with one attached hydrogen (secondary N) is 1. The number of nitrogens with two attached hydrogens (primary N) is 1. The Hall–Kier alpha value is -1.47. The average Bonchev–Trinajstić information content (AvgIpc) is 2.94. The molecule has 20 heavy (non-hydrogen) atoms. The first-order valence-corrected chi connectivity index (χ1v) is 7.14. The van der Waals surface area contributed by atoms with Crippen LogP contribution in [0.3, 0.4) is 0 Å². The van der Waals surface area contributed by atoms with Crippen molar-refractivity contribution in [2.24, 2.45) is 11.7 Å². The Labute approximate surface area is 125 Å². The van der Waals surface area contributed by atoms with Gasteiger partial charge in [0.05, 0.1) is 12.5 Å².